The van der Waals surface area contributed by atoms with Crippen LogP contribution in [0.4, 0.5) is 0 Å². The Morgan fingerprint density at radius 1 is 1.35 bits per heavy atom. The molecule has 1 unspecified atom stereocenters. The summed E-state index contributed by atoms with van der Waals surface area (Å²) in [6.45, 7) is 5.63. The summed E-state index contributed by atoms with van der Waals surface area (Å²) in [6.07, 6.45) is 0.479. The van der Waals surface area contributed by atoms with Crippen LogP contribution in [0.1, 0.15) is 37.6 Å². The lowest BCUT2D eigenvalue weighted by molar-refractivity contribution is -0.144. The van der Waals surface area contributed by atoms with Crippen molar-refractivity contribution in [2.45, 2.75) is 32.7 Å². The number of Topliss-reactive ketones (excluding diaryl/α,β-unsaturated/α-hetero) is 1. The van der Waals surface area contributed by atoms with Gasteiger partial charge < -0.3 is 9.84 Å². The molecular weight excluding hydrogens is 258 g/mol. The molecule has 0 aliphatic rings. The van der Waals surface area contributed by atoms with Crippen LogP contribution in [0, 0.1) is 0 Å². The summed E-state index contributed by atoms with van der Waals surface area (Å²) in [5.74, 6) is -0.419. The summed E-state index contributed by atoms with van der Waals surface area (Å²) >= 11 is 0. The van der Waals surface area contributed by atoms with Crippen LogP contribution in [0.25, 0.3) is 0 Å². The lowest BCUT2D eigenvalue weighted by Crippen LogP contribution is -2.50. The van der Waals surface area contributed by atoms with Crippen molar-refractivity contribution in [2.75, 3.05) is 13.2 Å². The van der Waals surface area contributed by atoms with Gasteiger partial charge in [-0.15, -0.1) is 0 Å². The van der Waals surface area contributed by atoms with Crippen LogP contribution < -0.4 is 10.1 Å². The maximum Gasteiger partial charge on any atom is 0.323 e. The van der Waals surface area contributed by atoms with E-state index in [1.807, 2.05) is 6.92 Å². The molecule has 1 atom stereocenters. The van der Waals surface area contributed by atoms with Crippen molar-refractivity contribution in [3.63, 3.8) is 0 Å². The third kappa shape index (κ3) is 4.06. The Hall–Kier alpha value is -1.88. The molecule has 0 spiro atoms. The van der Waals surface area contributed by atoms with E-state index in [-0.39, 0.29) is 5.78 Å². The first kappa shape index (κ1) is 16.2. The van der Waals surface area contributed by atoms with E-state index >= 15 is 0 Å². The summed E-state index contributed by atoms with van der Waals surface area (Å²) < 4.78 is 5.54. The molecule has 110 valence electrons. The van der Waals surface area contributed by atoms with Crippen molar-refractivity contribution < 1.29 is 19.4 Å². The number of carbonyl (C=O) groups excluding carboxylic acids is 1. The van der Waals surface area contributed by atoms with E-state index in [1.165, 1.54) is 6.92 Å². The Labute approximate surface area is 118 Å². The van der Waals surface area contributed by atoms with E-state index in [2.05, 4.69) is 5.32 Å². The van der Waals surface area contributed by atoms with Crippen molar-refractivity contribution in [1.82, 2.24) is 5.32 Å². The van der Waals surface area contributed by atoms with Crippen molar-refractivity contribution in [1.29, 1.82) is 0 Å². The van der Waals surface area contributed by atoms with Gasteiger partial charge in [-0.25, -0.2) is 0 Å². The van der Waals surface area contributed by atoms with Crippen LogP contribution in [0.2, 0.25) is 0 Å². The van der Waals surface area contributed by atoms with Gasteiger partial charge >= 0.3 is 5.97 Å². The smallest absolute Gasteiger partial charge is 0.323 e. The summed E-state index contributed by atoms with van der Waals surface area (Å²) in [5, 5.41) is 12.1. The summed E-state index contributed by atoms with van der Waals surface area (Å²) in [7, 11) is 0. The van der Waals surface area contributed by atoms with Crippen molar-refractivity contribution in [3.8, 4) is 5.75 Å². The highest BCUT2D eigenvalue weighted by Crippen LogP contribution is 2.18. The maximum atomic E-state index is 11.4. The Bertz CT molecular complexity index is 487. The molecule has 5 heteroatoms. The molecule has 0 radical (unpaired) electrons. The fraction of sp³-hybridized carbons (Fsp3) is 0.467. The van der Waals surface area contributed by atoms with Crippen molar-refractivity contribution >= 4 is 11.8 Å². The molecule has 0 bridgehead atoms. The molecule has 1 rings (SSSR count). The normalized spacial score (nSPS) is 13.6. The van der Waals surface area contributed by atoms with Crippen LogP contribution in [-0.4, -0.2) is 35.5 Å². The molecule has 0 aliphatic heterocycles. The number of carbonyl (C=O) groups is 2. The molecule has 0 heterocycles. The van der Waals surface area contributed by atoms with Crippen molar-refractivity contribution in [2.24, 2.45) is 0 Å². The third-order valence-corrected chi connectivity index (χ3v) is 3.32. The van der Waals surface area contributed by atoms with Crippen molar-refractivity contribution in [3.05, 3.63) is 29.8 Å². The van der Waals surface area contributed by atoms with E-state index in [4.69, 9.17) is 9.84 Å². The molecule has 0 saturated carbocycles. The number of hydrogen-bond acceptors (Lipinski definition) is 4. The molecule has 0 fully saturated rings. The van der Waals surface area contributed by atoms with Gasteiger partial charge in [0.2, 0.25) is 0 Å². The molecule has 2 N–H and O–H groups in total. The molecule has 1 aromatic rings. The van der Waals surface area contributed by atoms with Crippen LogP contribution in [0.3, 0.4) is 0 Å². The second kappa shape index (κ2) is 7.05. The van der Waals surface area contributed by atoms with E-state index in [9.17, 15) is 9.59 Å². The predicted molar refractivity (Wildman–Crippen MR) is 76.3 cm³/mol. The zero-order chi connectivity index (χ0) is 15.2. The minimum atomic E-state index is -0.955. The zero-order valence-corrected chi connectivity index (χ0v) is 12.1. The van der Waals surface area contributed by atoms with Crippen LogP contribution in [0.5, 0.6) is 5.75 Å². The maximum absolute atomic E-state index is 11.4. The summed E-state index contributed by atoms with van der Waals surface area (Å²) in [5.41, 5.74) is -0.423. The lowest BCUT2D eigenvalue weighted by atomic mass is 9.99. The largest absolute Gasteiger partial charge is 0.492 e. The van der Waals surface area contributed by atoms with Gasteiger partial charge in [0.05, 0.1) is 5.56 Å². The minimum Gasteiger partial charge on any atom is -0.492 e. The van der Waals surface area contributed by atoms with Gasteiger partial charge in [-0.3, -0.25) is 14.9 Å². The monoisotopic (exact) mass is 279 g/mol. The van der Waals surface area contributed by atoms with Gasteiger partial charge in [-0.2, -0.15) is 0 Å². The number of hydrogen-bond donors (Lipinski definition) is 2. The van der Waals surface area contributed by atoms with Crippen LogP contribution in [-0.2, 0) is 4.79 Å². The molecule has 0 saturated heterocycles. The number of aliphatic carboxylic acids is 1. The molecular formula is C15H21NO4. The number of nitrogens with one attached hydrogen (secondary N) is 1. The number of para-hydroxylation sites is 1. The van der Waals surface area contributed by atoms with Gasteiger partial charge in [-0.05, 0) is 32.4 Å². The van der Waals surface area contributed by atoms with Crippen LogP contribution in [0.15, 0.2) is 24.3 Å². The number of carboxylic acids is 1. The fourth-order valence-corrected chi connectivity index (χ4v) is 1.72. The summed E-state index contributed by atoms with van der Waals surface area (Å²) in [4.78, 5) is 22.5. The number of ketones is 1. The van der Waals surface area contributed by atoms with Gasteiger partial charge in [0.1, 0.15) is 17.9 Å². The Morgan fingerprint density at radius 2 is 2.00 bits per heavy atom. The molecule has 20 heavy (non-hydrogen) atoms. The van der Waals surface area contributed by atoms with E-state index < -0.39 is 11.5 Å². The summed E-state index contributed by atoms with van der Waals surface area (Å²) in [6, 6.07) is 7.01. The molecule has 1 aromatic carbocycles. The topological polar surface area (TPSA) is 75.6 Å². The average molecular weight is 279 g/mol. The predicted octanol–water partition coefficient (Wildman–Crippen LogP) is 2.11. The first-order valence-corrected chi connectivity index (χ1v) is 6.62. The molecule has 0 aromatic heterocycles. The van der Waals surface area contributed by atoms with Gasteiger partial charge in [0.15, 0.2) is 5.78 Å². The SMILES string of the molecule is CCC(C)(NCCOc1ccccc1C(C)=O)C(=O)O. The number of rotatable bonds is 8. The molecule has 0 amide bonds. The highest BCUT2D eigenvalue weighted by atomic mass is 16.5. The number of carboxylic acid groups (broad SMARTS) is 1. The lowest BCUT2D eigenvalue weighted by Gasteiger charge is -2.24. The van der Waals surface area contributed by atoms with Gasteiger partial charge in [-0.1, -0.05) is 19.1 Å². The van der Waals surface area contributed by atoms with E-state index in [0.717, 1.165) is 0 Å². The van der Waals surface area contributed by atoms with Gasteiger partial charge in [0, 0.05) is 6.54 Å². The quantitative estimate of drug-likeness (QED) is 0.563. The number of benzene rings is 1. The third-order valence-electron chi connectivity index (χ3n) is 3.32. The number of ether oxygens (including phenoxy) is 1. The minimum absolute atomic E-state index is 0.0579. The second-order valence-electron chi connectivity index (χ2n) is 4.82. The first-order valence-electron chi connectivity index (χ1n) is 6.62. The Morgan fingerprint density at radius 3 is 2.55 bits per heavy atom. The Kier molecular flexibility index (Phi) is 5.70. The van der Waals surface area contributed by atoms with E-state index in [1.54, 1.807) is 31.2 Å². The molecule has 5 nitrogen and oxygen atoms in total. The average Bonchev–Trinajstić information content (AvgIpc) is 2.43. The van der Waals surface area contributed by atoms with E-state index in [0.29, 0.717) is 30.9 Å². The van der Waals surface area contributed by atoms with Crippen LogP contribution >= 0.6 is 0 Å². The standard InChI is InChI=1S/C15H21NO4/c1-4-15(3,14(18)19)16-9-10-20-13-8-6-5-7-12(13)11(2)17/h5-8,16H,4,9-10H2,1-3H3,(H,18,19). The zero-order valence-electron chi connectivity index (χ0n) is 12.1. The first-order chi connectivity index (χ1) is 9.40. The highest BCUT2D eigenvalue weighted by molar-refractivity contribution is 5.96. The Balaban J connectivity index is 2.54. The molecule has 0 aliphatic carbocycles. The fourth-order valence-electron chi connectivity index (χ4n) is 1.72. The van der Waals surface area contributed by atoms with Gasteiger partial charge in [0.25, 0.3) is 0 Å². The highest BCUT2D eigenvalue weighted by Gasteiger charge is 2.29. The second-order valence-corrected chi connectivity index (χ2v) is 4.82.